The highest BCUT2D eigenvalue weighted by molar-refractivity contribution is 5.40. The van der Waals surface area contributed by atoms with E-state index >= 15 is 0 Å². The molecule has 1 aromatic carbocycles. The second-order valence-electron chi connectivity index (χ2n) is 5.01. The molecular formula is C14H20NO2+. The molecule has 92 valence electrons. The van der Waals surface area contributed by atoms with Crippen LogP contribution in [0.2, 0.25) is 0 Å². The van der Waals surface area contributed by atoms with Crippen molar-refractivity contribution in [2.24, 2.45) is 0 Å². The number of hydrogen-bond donors (Lipinski definition) is 1. The van der Waals surface area contributed by atoms with E-state index in [9.17, 15) is 0 Å². The lowest BCUT2D eigenvalue weighted by Crippen LogP contribution is -3.14. The monoisotopic (exact) mass is 234 g/mol. The third kappa shape index (κ3) is 2.55. The van der Waals surface area contributed by atoms with Gasteiger partial charge in [0, 0.05) is 0 Å². The Morgan fingerprint density at radius 1 is 1.06 bits per heavy atom. The SMILES string of the molecule is c1ccc2c(c1)OC[C@H](C[NH+]1CCCCC1)O2. The summed E-state index contributed by atoms with van der Waals surface area (Å²) < 4.78 is 11.7. The van der Waals surface area contributed by atoms with E-state index in [1.165, 1.54) is 32.4 Å². The Labute approximate surface area is 102 Å². The Morgan fingerprint density at radius 3 is 2.65 bits per heavy atom. The van der Waals surface area contributed by atoms with Gasteiger partial charge in [-0.25, -0.2) is 0 Å². The minimum absolute atomic E-state index is 0.220. The van der Waals surface area contributed by atoms with Crippen molar-refractivity contribution in [3.63, 3.8) is 0 Å². The van der Waals surface area contributed by atoms with E-state index in [2.05, 4.69) is 0 Å². The highest BCUT2D eigenvalue weighted by Crippen LogP contribution is 2.30. The largest absolute Gasteiger partial charge is 0.486 e. The highest BCUT2D eigenvalue weighted by Gasteiger charge is 2.25. The number of fused-ring (bicyclic) bond motifs is 1. The summed E-state index contributed by atoms with van der Waals surface area (Å²) in [5.41, 5.74) is 0. The Balaban J connectivity index is 1.60. The molecule has 1 saturated heterocycles. The predicted octanol–water partition coefficient (Wildman–Crippen LogP) is 0.895. The molecule has 0 bridgehead atoms. The maximum atomic E-state index is 5.99. The molecular weight excluding hydrogens is 214 g/mol. The van der Waals surface area contributed by atoms with Crippen LogP contribution in [0.3, 0.4) is 0 Å². The topological polar surface area (TPSA) is 22.9 Å². The lowest BCUT2D eigenvalue weighted by Gasteiger charge is -2.30. The van der Waals surface area contributed by atoms with Crippen molar-refractivity contribution in [1.29, 1.82) is 0 Å². The Morgan fingerprint density at radius 2 is 1.82 bits per heavy atom. The molecule has 0 radical (unpaired) electrons. The lowest BCUT2D eigenvalue weighted by atomic mass is 10.1. The number of piperidine rings is 1. The van der Waals surface area contributed by atoms with Crippen LogP contribution in [0, 0.1) is 0 Å². The van der Waals surface area contributed by atoms with Gasteiger partial charge in [0.2, 0.25) is 0 Å². The second-order valence-corrected chi connectivity index (χ2v) is 5.01. The van der Waals surface area contributed by atoms with Crippen LogP contribution in [0.1, 0.15) is 19.3 Å². The van der Waals surface area contributed by atoms with Crippen LogP contribution in [0.4, 0.5) is 0 Å². The first-order chi connectivity index (χ1) is 8.42. The number of rotatable bonds is 2. The van der Waals surface area contributed by atoms with Gasteiger partial charge in [0.05, 0.1) is 13.1 Å². The van der Waals surface area contributed by atoms with E-state index in [1.807, 2.05) is 24.3 Å². The molecule has 1 fully saturated rings. The number of hydrogen-bond acceptors (Lipinski definition) is 2. The average Bonchev–Trinajstić information content (AvgIpc) is 2.40. The maximum absolute atomic E-state index is 5.99. The number of nitrogens with one attached hydrogen (secondary N) is 1. The maximum Gasteiger partial charge on any atom is 0.181 e. The second kappa shape index (κ2) is 4.96. The first-order valence-electron chi connectivity index (χ1n) is 6.64. The van der Waals surface area contributed by atoms with Gasteiger partial charge in [-0.05, 0) is 31.4 Å². The van der Waals surface area contributed by atoms with Crippen molar-refractivity contribution in [2.45, 2.75) is 25.4 Å². The van der Waals surface area contributed by atoms with Crippen LogP contribution in [0.5, 0.6) is 11.5 Å². The quantitative estimate of drug-likeness (QED) is 0.821. The van der Waals surface area contributed by atoms with Gasteiger partial charge in [-0.2, -0.15) is 0 Å². The third-order valence-electron chi connectivity index (χ3n) is 3.64. The zero-order chi connectivity index (χ0) is 11.5. The van der Waals surface area contributed by atoms with Crippen LogP contribution in [-0.4, -0.2) is 32.3 Å². The predicted molar refractivity (Wildman–Crippen MR) is 65.8 cm³/mol. The lowest BCUT2D eigenvalue weighted by molar-refractivity contribution is -0.907. The molecule has 1 N–H and O–H groups in total. The first kappa shape index (κ1) is 10.9. The number of ether oxygens (including phenoxy) is 2. The summed E-state index contributed by atoms with van der Waals surface area (Å²) in [6, 6.07) is 7.95. The van der Waals surface area contributed by atoms with Crippen molar-refractivity contribution in [3.8, 4) is 11.5 Å². The summed E-state index contributed by atoms with van der Waals surface area (Å²) in [5.74, 6) is 1.79. The van der Waals surface area contributed by atoms with Crippen molar-refractivity contribution >= 4 is 0 Å². The van der Waals surface area contributed by atoms with E-state index in [4.69, 9.17) is 9.47 Å². The van der Waals surface area contributed by atoms with Crippen LogP contribution in [-0.2, 0) is 0 Å². The molecule has 1 atom stereocenters. The van der Waals surface area contributed by atoms with E-state index < -0.39 is 0 Å². The average molecular weight is 234 g/mol. The van der Waals surface area contributed by atoms with Crippen LogP contribution in [0.15, 0.2) is 24.3 Å². The molecule has 0 saturated carbocycles. The third-order valence-corrected chi connectivity index (χ3v) is 3.64. The standard InChI is InChI=1S/C14H19NO2/c1-4-8-15(9-5-1)10-12-11-16-13-6-2-3-7-14(13)17-12/h2-3,6-7,12H,1,4-5,8-11H2/p+1/t12-/m0/s1. The Kier molecular flexibility index (Phi) is 3.18. The molecule has 0 aliphatic carbocycles. The number of para-hydroxylation sites is 2. The molecule has 3 rings (SSSR count). The molecule has 0 spiro atoms. The summed E-state index contributed by atoms with van der Waals surface area (Å²) in [5, 5.41) is 0. The van der Waals surface area contributed by atoms with Gasteiger partial charge < -0.3 is 14.4 Å². The summed E-state index contributed by atoms with van der Waals surface area (Å²) in [6.45, 7) is 4.36. The van der Waals surface area contributed by atoms with Crippen molar-refractivity contribution in [3.05, 3.63) is 24.3 Å². The smallest absolute Gasteiger partial charge is 0.181 e. The van der Waals surface area contributed by atoms with Gasteiger partial charge in [0.25, 0.3) is 0 Å². The molecule has 0 amide bonds. The van der Waals surface area contributed by atoms with Crippen LogP contribution >= 0.6 is 0 Å². The van der Waals surface area contributed by atoms with Gasteiger partial charge in [-0.1, -0.05) is 12.1 Å². The number of benzene rings is 1. The van der Waals surface area contributed by atoms with Crippen LogP contribution in [0.25, 0.3) is 0 Å². The van der Waals surface area contributed by atoms with Gasteiger partial charge in [-0.15, -0.1) is 0 Å². The fourth-order valence-corrected chi connectivity index (χ4v) is 2.74. The fraction of sp³-hybridized carbons (Fsp3) is 0.571. The summed E-state index contributed by atoms with van der Waals surface area (Å²) >= 11 is 0. The van der Waals surface area contributed by atoms with Crippen molar-refractivity contribution < 1.29 is 14.4 Å². The summed E-state index contributed by atoms with van der Waals surface area (Å²) in [6.07, 6.45) is 4.34. The van der Waals surface area contributed by atoms with Crippen molar-refractivity contribution in [2.75, 3.05) is 26.2 Å². The summed E-state index contributed by atoms with van der Waals surface area (Å²) in [7, 11) is 0. The molecule has 2 aliphatic heterocycles. The van der Waals surface area contributed by atoms with E-state index in [1.54, 1.807) is 4.90 Å². The zero-order valence-electron chi connectivity index (χ0n) is 10.2. The zero-order valence-corrected chi connectivity index (χ0v) is 10.2. The fourth-order valence-electron chi connectivity index (χ4n) is 2.74. The van der Waals surface area contributed by atoms with E-state index in [-0.39, 0.29) is 6.10 Å². The number of likely N-dealkylation sites (tertiary alicyclic amines) is 1. The number of quaternary nitrogens is 1. The Hall–Kier alpha value is -1.22. The van der Waals surface area contributed by atoms with Gasteiger partial charge in [0.15, 0.2) is 17.6 Å². The molecule has 3 heteroatoms. The van der Waals surface area contributed by atoms with Gasteiger partial charge in [0.1, 0.15) is 13.2 Å². The molecule has 17 heavy (non-hydrogen) atoms. The Bertz CT molecular complexity index is 374. The van der Waals surface area contributed by atoms with E-state index in [0.29, 0.717) is 6.61 Å². The molecule has 0 aromatic heterocycles. The van der Waals surface area contributed by atoms with Crippen LogP contribution < -0.4 is 14.4 Å². The summed E-state index contributed by atoms with van der Waals surface area (Å²) in [4.78, 5) is 1.67. The van der Waals surface area contributed by atoms with E-state index in [0.717, 1.165) is 18.0 Å². The highest BCUT2D eigenvalue weighted by atomic mass is 16.6. The molecule has 2 heterocycles. The first-order valence-corrected chi connectivity index (χ1v) is 6.64. The van der Waals surface area contributed by atoms with Gasteiger partial charge in [-0.3, -0.25) is 0 Å². The minimum atomic E-state index is 0.220. The van der Waals surface area contributed by atoms with Gasteiger partial charge >= 0.3 is 0 Å². The minimum Gasteiger partial charge on any atom is -0.486 e. The molecule has 0 unspecified atom stereocenters. The van der Waals surface area contributed by atoms with Crippen molar-refractivity contribution in [1.82, 2.24) is 0 Å². The normalized spacial score (nSPS) is 24.6. The molecule has 1 aromatic rings. The molecule has 3 nitrogen and oxygen atoms in total. The molecule has 2 aliphatic rings.